The summed E-state index contributed by atoms with van der Waals surface area (Å²) in [7, 11) is 1.77. The van der Waals surface area contributed by atoms with Crippen LogP contribution in [0.3, 0.4) is 0 Å². The number of carbonyl (C=O) groups excluding carboxylic acids is 1. The number of amides is 1. The first kappa shape index (κ1) is 28.0. The predicted molar refractivity (Wildman–Crippen MR) is 155 cm³/mol. The van der Waals surface area contributed by atoms with Gasteiger partial charge in [0.05, 0.1) is 6.61 Å². The van der Waals surface area contributed by atoms with Crippen LogP contribution in [-0.2, 0) is 13.0 Å². The van der Waals surface area contributed by atoms with E-state index in [-0.39, 0.29) is 25.2 Å². The monoisotopic (exact) mass is 524 g/mol. The molecule has 6 heteroatoms. The van der Waals surface area contributed by atoms with Crippen LogP contribution in [0.15, 0.2) is 115 Å². The van der Waals surface area contributed by atoms with Gasteiger partial charge in [-0.1, -0.05) is 78.9 Å². The molecule has 0 aliphatic rings. The third-order valence-corrected chi connectivity index (χ3v) is 6.71. The Balaban J connectivity index is 1.43. The van der Waals surface area contributed by atoms with Gasteiger partial charge in [0.2, 0.25) is 0 Å². The van der Waals surface area contributed by atoms with Gasteiger partial charge in [-0.3, -0.25) is 9.69 Å². The van der Waals surface area contributed by atoms with E-state index in [0.29, 0.717) is 30.8 Å². The molecule has 39 heavy (non-hydrogen) atoms. The molecule has 6 nitrogen and oxygen atoms in total. The Morgan fingerprint density at radius 1 is 0.795 bits per heavy atom. The summed E-state index contributed by atoms with van der Waals surface area (Å²) < 4.78 is 5.77. The van der Waals surface area contributed by atoms with Crippen LogP contribution in [0.4, 0.5) is 5.69 Å². The summed E-state index contributed by atoms with van der Waals surface area (Å²) in [4.78, 5) is 16.6. The van der Waals surface area contributed by atoms with Crippen LogP contribution >= 0.6 is 0 Å². The highest BCUT2D eigenvalue weighted by atomic mass is 16.5. The van der Waals surface area contributed by atoms with Crippen molar-refractivity contribution in [2.24, 2.45) is 0 Å². The second-order valence-electron chi connectivity index (χ2n) is 9.63. The fourth-order valence-electron chi connectivity index (χ4n) is 4.52. The van der Waals surface area contributed by atoms with E-state index in [1.165, 1.54) is 0 Å². The van der Waals surface area contributed by atoms with Crippen LogP contribution in [0.1, 0.15) is 21.5 Å². The zero-order valence-electron chi connectivity index (χ0n) is 22.3. The van der Waals surface area contributed by atoms with Gasteiger partial charge >= 0.3 is 0 Å². The normalized spacial score (nSPS) is 12.6. The number of anilines is 1. The number of nitrogens with zero attached hydrogens (tertiary/aromatic N) is 2. The average molecular weight is 525 g/mol. The standard InChI is InChI=1S/C33H36N2O4/c1-34(33(38)28-13-7-3-8-14-28)29-19-17-26(18-20-29)21-30(24-36)35(22-27-11-5-2-6-12-27)23-31(37)25-39-32-15-9-4-10-16-32/h2-20,30-31,36-37H,21-25H2,1H3/t30-,31-/m0/s1. The maximum absolute atomic E-state index is 12.8. The van der Waals surface area contributed by atoms with Crippen molar-refractivity contribution < 1.29 is 19.7 Å². The molecule has 0 fully saturated rings. The van der Waals surface area contributed by atoms with Crippen LogP contribution in [0.2, 0.25) is 0 Å². The van der Waals surface area contributed by atoms with E-state index >= 15 is 0 Å². The minimum Gasteiger partial charge on any atom is -0.491 e. The highest BCUT2D eigenvalue weighted by Crippen LogP contribution is 2.20. The maximum atomic E-state index is 12.8. The molecular formula is C33H36N2O4. The van der Waals surface area contributed by atoms with Gasteiger partial charge in [-0.25, -0.2) is 0 Å². The summed E-state index contributed by atoms with van der Waals surface area (Å²) >= 11 is 0. The van der Waals surface area contributed by atoms with Gasteiger partial charge in [0.25, 0.3) is 5.91 Å². The minimum atomic E-state index is -0.733. The van der Waals surface area contributed by atoms with Crippen molar-refractivity contribution in [3.05, 3.63) is 132 Å². The molecule has 0 heterocycles. The molecule has 2 atom stereocenters. The van der Waals surface area contributed by atoms with Crippen molar-refractivity contribution in [3.8, 4) is 5.75 Å². The zero-order valence-corrected chi connectivity index (χ0v) is 22.3. The second kappa shape index (κ2) is 14.3. The van der Waals surface area contributed by atoms with Gasteiger partial charge < -0.3 is 19.8 Å². The van der Waals surface area contributed by atoms with Crippen LogP contribution in [0.25, 0.3) is 0 Å². The third kappa shape index (κ3) is 8.26. The molecule has 202 valence electrons. The first-order chi connectivity index (χ1) is 19.0. The van der Waals surface area contributed by atoms with E-state index in [2.05, 4.69) is 4.90 Å². The molecule has 0 saturated heterocycles. The fourth-order valence-corrected chi connectivity index (χ4v) is 4.52. The van der Waals surface area contributed by atoms with Crippen molar-refractivity contribution >= 4 is 11.6 Å². The lowest BCUT2D eigenvalue weighted by Gasteiger charge is -2.32. The fraction of sp³-hybridized carbons (Fsp3) is 0.242. The van der Waals surface area contributed by atoms with E-state index in [4.69, 9.17) is 4.74 Å². The predicted octanol–water partition coefficient (Wildman–Crippen LogP) is 4.81. The lowest BCUT2D eigenvalue weighted by Crippen LogP contribution is -2.44. The number of aliphatic hydroxyl groups excluding tert-OH is 2. The van der Waals surface area contributed by atoms with E-state index < -0.39 is 6.10 Å². The number of rotatable bonds is 13. The largest absolute Gasteiger partial charge is 0.491 e. The third-order valence-electron chi connectivity index (χ3n) is 6.71. The molecule has 0 aliphatic carbocycles. The maximum Gasteiger partial charge on any atom is 0.258 e. The number of benzene rings is 4. The minimum absolute atomic E-state index is 0.0623. The van der Waals surface area contributed by atoms with Gasteiger partial charge in [0.15, 0.2) is 0 Å². The van der Waals surface area contributed by atoms with Gasteiger partial charge in [0, 0.05) is 37.4 Å². The molecule has 2 N–H and O–H groups in total. The number of carbonyl (C=O) groups is 1. The number of hydrogen-bond donors (Lipinski definition) is 2. The quantitative estimate of drug-likeness (QED) is 0.263. The summed E-state index contributed by atoms with van der Waals surface area (Å²) in [5.41, 5.74) is 3.56. The summed E-state index contributed by atoms with van der Waals surface area (Å²) in [6, 6.07) is 36.3. The second-order valence-corrected chi connectivity index (χ2v) is 9.63. The van der Waals surface area contributed by atoms with Crippen LogP contribution in [-0.4, -0.2) is 60.0 Å². The number of hydrogen-bond acceptors (Lipinski definition) is 5. The van der Waals surface area contributed by atoms with E-state index in [0.717, 1.165) is 16.8 Å². The Morgan fingerprint density at radius 3 is 2.00 bits per heavy atom. The SMILES string of the molecule is CN(C(=O)c1ccccc1)c1ccc(C[C@@H](CO)N(Cc2ccccc2)C[C@H](O)COc2ccccc2)cc1. The van der Waals surface area contributed by atoms with E-state index in [1.807, 2.05) is 103 Å². The molecular weight excluding hydrogens is 488 g/mol. The molecule has 4 aromatic rings. The van der Waals surface area contributed by atoms with Crippen LogP contribution in [0, 0.1) is 0 Å². The van der Waals surface area contributed by atoms with Gasteiger partial charge in [0.1, 0.15) is 18.5 Å². The Bertz CT molecular complexity index is 1270. The molecule has 4 rings (SSSR count). The number of para-hydroxylation sites is 1. The zero-order chi connectivity index (χ0) is 27.5. The molecule has 0 unspecified atom stereocenters. The molecule has 0 saturated carbocycles. The van der Waals surface area contributed by atoms with Crippen LogP contribution in [0.5, 0.6) is 5.75 Å². The van der Waals surface area contributed by atoms with Crippen molar-refractivity contribution in [3.63, 3.8) is 0 Å². The average Bonchev–Trinajstić information content (AvgIpc) is 2.99. The Kier molecular flexibility index (Phi) is 10.3. The molecule has 0 spiro atoms. The first-order valence-corrected chi connectivity index (χ1v) is 13.2. The van der Waals surface area contributed by atoms with E-state index in [1.54, 1.807) is 24.1 Å². The molecule has 4 aromatic carbocycles. The lowest BCUT2D eigenvalue weighted by atomic mass is 10.0. The Hall–Kier alpha value is -3.97. The molecule has 0 aliphatic heterocycles. The summed E-state index contributed by atoms with van der Waals surface area (Å²) in [5, 5.41) is 21.2. The molecule has 0 aromatic heterocycles. The van der Waals surface area contributed by atoms with Gasteiger partial charge in [-0.05, 0) is 53.9 Å². The van der Waals surface area contributed by atoms with Crippen molar-refractivity contribution in [1.82, 2.24) is 4.90 Å². The number of aliphatic hydroxyl groups is 2. The van der Waals surface area contributed by atoms with E-state index in [9.17, 15) is 15.0 Å². The lowest BCUT2D eigenvalue weighted by molar-refractivity contribution is 0.0335. The molecule has 0 radical (unpaired) electrons. The van der Waals surface area contributed by atoms with Crippen molar-refractivity contribution in [2.45, 2.75) is 25.1 Å². The summed E-state index contributed by atoms with van der Waals surface area (Å²) in [5.74, 6) is 0.637. The number of ether oxygens (including phenoxy) is 1. The smallest absolute Gasteiger partial charge is 0.258 e. The first-order valence-electron chi connectivity index (χ1n) is 13.2. The van der Waals surface area contributed by atoms with Crippen LogP contribution < -0.4 is 9.64 Å². The summed E-state index contributed by atoms with van der Waals surface area (Å²) in [6.45, 7) is 1.03. The highest BCUT2D eigenvalue weighted by Gasteiger charge is 2.22. The van der Waals surface area contributed by atoms with Gasteiger partial charge in [-0.15, -0.1) is 0 Å². The topological polar surface area (TPSA) is 73.2 Å². The van der Waals surface area contributed by atoms with Gasteiger partial charge in [-0.2, -0.15) is 0 Å². The van der Waals surface area contributed by atoms with Crippen molar-refractivity contribution in [2.75, 3.05) is 31.7 Å². The Labute approximate surface area is 230 Å². The molecule has 1 amide bonds. The summed E-state index contributed by atoms with van der Waals surface area (Å²) in [6.07, 6.45) is -0.144. The highest BCUT2D eigenvalue weighted by molar-refractivity contribution is 6.05. The van der Waals surface area contributed by atoms with Crippen molar-refractivity contribution in [1.29, 1.82) is 0 Å². The Morgan fingerprint density at radius 2 is 1.38 bits per heavy atom. The molecule has 0 bridgehead atoms.